The van der Waals surface area contributed by atoms with E-state index < -0.39 is 41.1 Å². The molecule has 0 bridgehead atoms. The van der Waals surface area contributed by atoms with Crippen molar-refractivity contribution >= 4 is 25.4 Å². The van der Waals surface area contributed by atoms with Gasteiger partial charge in [0.1, 0.15) is 12.9 Å². The van der Waals surface area contributed by atoms with E-state index in [0.717, 1.165) is 25.4 Å². The molecule has 148 valence electrons. The molecule has 2 rings (SSSR count). The number of nitrogens with zero attached hydrogens (tertiary/aromatic N) is 3. The van der Waals surface area contributed by atoms with Crippen molar-refractivity contribution in [2.24, 2.45) is 0 Å². The van der Waals surface area contributed by atoms with E-state index in [0.29, 0.717) is 6.61 Å². The summed E-state index contributed by atoms with van der Waals surface area (Å²) in [4.78, 5) is 10.7. The number of benzene rings is 1. The standard InChI is InChI=1S/C16H20ClF2N3O4Si/c1-25-16-10(7-11(17)13(18)14(16)19)15-12(22(23)24)8-20-21(15)9-26-5-6-27(2,3)4/h7-8H,5-6,9H2,1-4H3. The highest BCUT2D eigenvalue weighted by atomic mass is 35.5. The third kappa shape index (κ3) is 4.82. The van der Waals surface area contributed by atoms with Gasteiger partial charge in [-0.1, -0.05) is 31.2 Å². The smallest absolute Gasteiger partial charge is 0.315 e. The summed E-state index contributed by atoms with van der Waals surface area (Å²) < 4.78 is 39.7. The average Bonchev–Trinajstić information content (AvgIpc) is 2.99. The van der Waals surface area contributed by atoms with Crippen LogP contribution in [0.15, 0.2) is 12.3 Å². The van der Waals surface area contributed by atoms with Crippen molar-refractivity contribution in [1.29, 1.82) is 0 Å². The van der Waals surface area contributed by atoms with Crippen LogP contribution in [0.4, 0.5) is 14.5 Å². The molecular weight excluding hydrogens is 400 g/mol. The van der Waals surface area contributed by atoms with Gasteiger partial charge >= 0.3 is 5.69 Å². The Hall–Kier alpha value is -2.04. The molecule has 2 aromatic rings. The number of ether oxygens (including phenoxy) is 2. The summed E-state index contributed by atoms with van der Waals surface area (Å²) in [7, 11) is -0.182. The van der Waals surface area contributed by atoms with Crippen LogP contribution in [0.3, 0.4) is 0 Å². The Morgan fingerprint density at radius 2 is 2.00 bits per heavy atom. The van der Waals surface area contributed by atoms with E-state index in [4.69, 9.17) is 21.1 Å². The maximum Gasteiger partial charge on any atom is 0.315 e. The summed E-state index contributed by atoms with van der Waals surface area (Å²) >= 11 is 5.73. The highest BCUT2D eigenvalue weighted by Crippen LogP contribution is 2.41. The maximum absolute atomic E-state index is 14.2. The number of hydrogen-bond acceptors (Lipinski definition) is 5. The highest BCUT2D eigenvalue weighted by molar-refractivity contribution is 6.76. The van der Waals surface area contributed by atoms with E-state index in [1.165, 1.54) is 4.68 Å². The summed E-state index contributed by atoms with van der Waals surface area (Å²) in [6, 6.07) is 1.97. The monoisotopic (exact) mass is 419 g/mol. The third-order valence-corrected chi connectivity index (χ3v) is 5.78. The van der Waals surface area contributed by atoms with Gasteiger partial charge in [0.05, 0.1) is 22.6 Å². The van der Waals surface area contributed by atoms with Gasteiger partial charge in [0, 0.05) is 14.7 Å². The Kier molecular flexibility index (Phi) is 6.55. The van der Waals surface area contributed by atoms with Gasteiger partial charge in [-0.25, -0.2) is 9.07 Å². The van der Waals surface area contributed by atoms with Crippen LogP contribution in [-0.2, 0) is 11.5 Å². The lowest BCUT2D eigenvalue weighted by molar-refractivity contribution is -0.384. The summed E-state index contributed by atoms with van der Waals surface area (Å²) in [5.41, 5.74) is -0.561. The quantitative estimate of drug-likeness (QED) is 0.203. The number of halogens is 3. The van der Waals surface area contributed by atoms with Crippen LogP contribution in [0, 0.1) is 21.7 Å². The Morgan fingerprint density at radius 3 is 2.56 bits per heavy atom. The van der Waals surface area contributed by atoms with Crippen LogP contribution in [0.2, 0.25) is 30.7 Å². The summed E-state index contributed by atoms with van der Waals surface area (Å²) in [6.45, 7) is 6.93. The Balaban J connectivity index is 2.47. The molecule has 11 heteroatoms. The topological polar surface area (TPSA) is 79.4 Å². The van der Waals surface area contributed by atoms with Crippen LogP contribution in [0.1, 0.15) is 0 Å². The number of rotatable bonds is 8. The normalized spacial score (nSPS) is 11.7. The van der Waals surface area contributed by atoms with Crippen LogP contribution in [-0.4, -0.2) is 36.5 Å². The minimum Gasteiger partial charge on any atom is -0.493 e. The van der Waals surface area contributed by atoms with Gasteiger partial charge in [-0.05, 0) is 12.1 Å². The summed E-state index contributed by atoms with van der Waals surface area (Å²) in [6.07, 6.45) is 1.02. The molecule has 1 heterocycles. The molecule has 7 nitrogen and oxygen atoms in total. The minimum absolute atomic E-state index is 0.0781. The first-order valence-electron chi connectivity index (χ1n) is 8.06. The van der Waals surface area contributed by atoms with Crippen molar-refractivity contribution in [2.75, 3.05) is 13.7 Å². The Morgan fingerprint density at radius 1 is 1.33 bits per heavy atom. The fourth-order valence-corrected chi connectivity index (χ4v) is 3.32. The summed E-state index contributed by atoms with van der Waals surface area (Å²) in [5.74, 6) is -3.12. The van der Waals surface area contributed by atoms with Gasteiger partial charge in [0.25, 0.3) is 0 Å². The molecule has 0 aliphatic rings. The van der Waals surface area contributed by atoms with E-state index in [1.807, 2.05) is 0 Å². The van der Waals surface area contributed by atoms with Crippen molar-refractivity contribution in [1.82, 2.24) is 9.78 Å². The third-order valence-electron chi connectivity index (χ3n) is 3.80. The van der Waals surface area contributed by atoms with Gasteiger partial charge in [-0.15, -0.1) is 0 Å². The van der Waals surface area contributed by atoms with Crippen molar-refractivity contribution in [3.63, 3.8) is 0 Å². The zero-order valence-electron chi connectivity index (χ0n) is 15.4. The van der Waals surface area contributed by atoms with Crippen LogP contribution in [0.25, 0.3) is 11.3 Å². The van der Waals surface area contributed by atoms with Crippen molar-refractivity contribution in [3.8, 4) is 17.0 Å². The van der Waals surface area contributed by atoms with E-state index in [1.54, 1.807) is 0 Å². The predicted octanol–water partition coefficient (Wildman–Crippen LogP) is 4.71. The predicted molar refractivity (Wildman–Crippen MR) is 99.9 cm³/mol. The molecule has 0 saturated heterocycles. The number of hydrogen-bond donors (Lipinski definition) is 0. The number of methoxy groups -OCH3 is 1. The van der Waals surface area contributed by atoms with Gasteiger partial charge in [0.2, 0.25) is 5.82 Å². The second kappa shape index (κ2) is 8.32. The molecule has 0 amide bonds. The van der Waals surface area contributed by atoms with Crippen molar-refractivity contribution < 1.29 is 23.2 Å². The lowest BCUT2D eigenvalue weighted by Gasteiger charge is -2.16. The number of nitro groups is 1. The Bertz CT molecular complexity index is 855. The highest BCUT2D eigenvalue weighted by Gasteiger charge is 2.29. The first kappa shape index (κ1) is 21.3. The molecule has 0 saturated carbocycles. The molecule has 0 N–H and O–H groups in total. The molecule has 0 aliphatic carbocycles. The minimum atomic E-state index is -1.33. The second-order valence-corrected chi connectivity index (χ2v) is 13.1. The van der Waals surface area contributed by atoms with Crippen LogP contribution >= 0.6 is 11.6 Å². The van der Waals surface area contributed by atoms with Gasteiger partial charge in [0.15, 0.2) is 17.3 Å². The molecule has 1 aromatic heterocycles. The fraction of sp³-hybridized carbons (Fsp3) is 0.438. The molecular formula is C16H20ClF2N3O4Si. The first-order valence-corrected chi connectivity index (χ1v) is 12.1. The average molecular weight is 420 g/mol. The van der Waals surface area contributed by atoms with E-state index in [-0.39, 0.29) is 18.0 Å². The van der Waals surface area contributed by atoms with Crippen LogP contribution in [0.5, 0.6) is 5.75 Å². The fourth-order valence-electron chi connectivity index (χ4n) is 2.37. The largest absolute Gasteiger partial charge is 0.493 e. The van der Waals surface area contributed by atoms with E-state index >= 15 is 0 Å². The lowest BCUT2D eigenvalue weighted by atomic mass is 10.1. The molecule has 27 heavy (non-hydrogen) atoms. The van der Waals surface area contributed by atoms with Gasteiger partial charge in [-0.3, -0.25) is 10.1 Å². The zero-order chi connectivity index (χ0) is 20.4. The lowest BCUT2D eigenvalue weighted by Crippen LogP contribution is -2.22. The SMILES string of the molecule is COc1c(-c2c([N+](=O)[O-])cnn2COCC[Si](C)(C)C)cc(Cl)c(F)c1F. The summed E-state index contributed by atoms with van der Waals surface area (Å²) in [5, 5.41) is 14.8. The zero-order valence-corrected chi connectivity index (χ0v) is 17.1. The molecule has 1 aromatic carbocycles. The number of aromatic nitrogens is 2. The first-order chi connectivity index (χ1) is 12.6. The molecule has 0 fully saturated rings. The molecule has 0 aliphatic heterocycles. The van der Waals surface area contributed by atoms with Gasteiger partial charge < -0.3 is 9.47 Å². The van der Waals surface area contributed by atoms with Crippen molar-refractivity contribution in [3.05, 3.63) is 39.0 Å². The second-order valence-electron chi connectivity index (χ2n) is 7.05. The van der Waals surface area contributed by atoms with Crippen LogP contribution < -0.4 is 4.74 Å². The molecule has 0 atom stereocenters. The Labute approximate surface area is 161 Å². The molecule has 0 radical (unpaired) electrons. The van der Waals surface area contributed by atoms with Gasteiger partial charge in [-0.2, -0.15) is 9.49 Å². The molecule has 0 spiro atoms. The molecule has 0 unspecified atom stereocenters. The van der Waals surface area contributed by atoms with Crippen molar-refractivity contribution in [2.45, 2.75) is 32.4 Å². The maximum atomic E-state index is 14.2. The van der Waals surface area contributed by atoms with E-state index in [9.17, 15) is 18.9 Å². The van der Waals surface area contributed by atoms with E-state index in [2.05, 4.69) is 24.7 Å².